The highest BCUT2D eigenvalue weighted by atomic mass is 28.4. The second-order valence-electron chi connectivity index (χ2n) is 6.32. The maximum atomic E-state index is 6.99. The molecule has 0 aromatic carbocycles. The summed E-state index contributed by atoms with van der Waals surface area (Å²) in [6, 6.07) is 3.80. The normalized spacial score (nSPS) is 32.6. The summed E-state index contributed by atoms with van der Waals surface area (Å²) in [7, 11) is -1.50. The SMILES string of the molecule is C=C1CCC[C@@H]2CCC[C@]12O[Si](CC)(CC)CC. The maximum absolute atomic E-state index is 6.99. The van der Waals surface area contributed by atoms with Gasteiger partial charge < -0.3 is 4.43 Å². The Balaban J connectivity index is 2.25. The van der Waals surface area contributed by atoms with E-state index in [-0.39, 0.29) is 5.60 Å². The highest BCUT2D eigenvalue weighted by Gasteiger charge is 2.51. The molecule has 18 heavy (non-hydrogen) atoms. The molecule has 0 amide bonds. The second-order valence-corrected chi connectivity index (χ2v) is 11.0. The zero-order chi connectivity index (χ0) is 13.2. The van der Waals surface area contributed by atoms with Crippen molar-refractivity contribution in [1.29, 1.82) is 0 Å². The quantitative estimate of drug-likeness (QED) is 0.485. The molecule has 2 saturated carbocycles. The van der Waals surface area contributed by atoms with Crippen molar-refractivity contribution in [3.63, 3.8) is 0 Å². The van der Waals surface area contributed by atoms with Crippen LogP contribution in [0.4, 0.5) is 0 Å². The van der Waals surface area contributed by atoms with Crippen molar-refractivity contribution in [2.45, 2.75) is 83.0 Å². The van der Waals surface area contributed by atoms with Crippen LogP contribution in [0.1, 0.15) is 59.3 Å². The van der Waals surface area contributed by atoms with Crippen LogP contribution in [-0.4, -0.2) is 13.9 Å². The van der Waals surface area contributed by atoms with Gasteiger partial charge in [0.1, 0.15) is 0 Å². The fourth-order valence-electron chi connectivity index (χ4n) is 4.22. The van der Waals surface area contributed by atoms with Crippen molar-refractivity contribution in [2.75, 3.05) is 0 Å². The van der Waals surface area contributed by atoms with Gasteiger partial charge in [0, 0.05) is 0 Å². The van der Waals surface area contributed by atoms with Crippen molar-refractivity contribution < 1.29 is 4.43 Å². The molecular formula is C16H30OSi. The Morgan fingerprint density at radius 1 is 1.17 bits per heavy atom. The summed E-state index contributed by atoms with van der Waals surface area (Å²) in [5.41, 5.74) is 1.54. The van der Waals surface area contributed by atoms with E-state index in [4.69, 9.17) is 4.43 Å². The lowest BCUT2D eigenvalue weighted by molar-refractivity contribution is 0.0336. The first-order valence-electron chi connectivity index (χ1n) is 8.01. The van der Waals surface area contributed by atoms with Crippen molar-refractivity contribution in [3.05, 3.63) is 12.2 Å². The molecule has 0 aliphatic heterocycles. The molecule has 0 spiro atoms. The minimum atomic E-state index is -1.50. The van der Waals surface area contributed by atoms with Gasteiger partial charge in [-0.05, 0) is 68.1 Å². The van der Waals surface area contributed by atoms with Crippen molar-refractivity contribution >= 4 is 8.32 Å². The van der Waals surface area contributed by atoms with Crippen LogP contribution in [0.5, 0.6) is 0 Å². The lowest BCUT2D eigenvalue weighted by Gasteiger charge is -2.47. The molecule has 2 rings (SSSR count). The summed E-state index contributed by atoms with van der Waals surface area (Å²) < 4.78 is 6.99. The fraction of sp³-hybridized carbons (Fsp3) is 0.875. The molecule has 104 valence electrons. The van der Waals surface area contributed by atoms with E-state index in [1.165, 1.54) is 62.2 Å². The predicted octanol–water partition coefficient (Wildman–Crippen LogP) is 5.29. The van der Waals surface area contributed by atoms with Crippen molar-refractivity contribution in [3.8, 4) is 0 Å². The van der Waals surface area contributed by atoms with Gasteiger partial charge in [0.2, 0.25) is 0 Å². The monoisotopic (exact) mass is 266 g/mol. The Kier molecular flexibility index (Phi) is 4.38. The molecule has 0 N–H and O–H groups in total. The smallest absolute Gasteiger partial charge is 0.193 e. The first kappa shape index (κ1) is 14.3. The third-order valence-corrected chi connectivity index (χ3v) is 10.4. The van der Waals surface area contributed by atoms with Crippen LogP contribution in [0, 0.1) is 5.92 Å². The molecule has 0 heterocycles. The van der Waals surface area contributed by atoms with Gasteiger partial charge in [-0.1, -0.05) is 27.4 Å². The summed E-state index contributed by atoms with van der Waals surface area (Å²) in [6.07, 6.45) is 7.91. The van der Waals surface area contributed by atoms with Gasteiger partial charge in [0.15, 0.2) is 8.32 Å². The summed E-state index contributed by atoms with van der Waals surface area (Å²) in [5, 5.41) is 0. The molecule has 0 aromatic rings. The third-order valence-electron chi connectivity index (χ3n) is 5.72. The molecule has 2 aliphatic carbocycles. The first-order valence-corrected chi connectivity index (χ1v) is 10.5. The van der Waals surface area contributed by atoms with Crippen molar-refractivity contribution in [2.24, 2.45) is 5.92 Å². The van der Waals surface area contributed by atoms with Crippen LogP contribution in [0.3, 0.4) is 0 Å². The average molecular weight is 267 g/mol. The van der Waals surface area contributed by atoms with Gasteiger partial charge in [-0.25, -0.2) is 0 Å². The zero-order valence-corrected chi connectivity index (χ0v) is 13.6. The standard InChI is InChI=1S/C16H30OSi/c1-5-18(6-2,7-3)17-16-13-9-12-15(16)11-8-10-14(16)4/h15H,4-13H2,1-3H3/t15-,16+/m1/s1. The molecule has 2 fully saturated rings. The highest BCUT2D eigenvalue weighted by Crippen LogP contribution is 2.52. The fourth-order valence-corrected chi connectivity index (χ4v) is 7.34. The zero-order valence-electron chi connectivity index (χ0n) is 12.6. The van der Waals surface area contributed by atoms with E-state index in [0.29, 0.717) is 0 Å². The molecule has 2 atom stereocenters. The summed E-state index contributed by atoms with van der Waals surface area (Å²) >= 11 is 0. The molecule has 0 radical (unpaired) electrons. The van der Waals surface area contributed by atoms with Crippen LogP contribution in [0.15, 0.2) is 12.2 Å². The van der Waals surface area contributed by atoms with Crippen LogP contribution in [0.25, 0.3) is 0 Å². The number of hydrogen-bond acceptors (Lipinski definition) is 1. The second kappa shape index (κ2) is 5.50. The van der Waals surface area contributed by atoms with Gasteiger partial charge in [0.25, 0.3) is 0 Å². The van der Waals surface area contributed by atoms with Crippen LogP contribution < -0.4 is 0 Å². The maximum Gasteiger partial charge on any atom is 0.193 e. The van der Waals surface area contributed by atoms with Crippen LogP contribution in [0.2, 0.25) is 18.1 Å². The average Bonchev–Trinajstić information content (AvgIpc) is 2.81. The largest absolute Gasteiger partial charge is 0.407 e. The van der Waals surface area contributed by atoms with E-state index in [1.54, 1.807) is 0 Å². The Morgan fingerprint density at radius 2 is 1.78 bits per heavy atom. The van der Waals surface area contributed by atoms with E-state index >= 15 is 0 Å². The van der Waals surface area contributed by atoms with Gasteiger partial charge in [-0.3, -0.25) is 0 Å². The van der Waals surface area contributed by atoms with Gasteiger partial charge >= 0.3 is 0 Å². The number of rotatable bonds is 5. The van der Waals surface area contributed by atoms with E-state index in [1.807, 2.05) is 0 Å². The summed E-state index contributed by atoms with van der Waals surface area (Å²) in [4.78, 5) is 0. The lowest BCUT2D eigenvalue weighted by atomic mass is 9.75. The number of hydrogen-bond donors (Lipinski definition) is 0. The van der Waals surface area contributed by atoms with Gasteiger partial charge in [-0.15, -0.1) is 0 Å². The Bertz CT molecular complexity index is 300. The molecule has 0 unspecified atom stereocenters. The molecule has 1 nitrogen and oxygen atoms in total. The third kappa shape index (κ3) is 2.22. The van der Waals surface area contributed by atoms with Crippen LogP contribution in [-0.2, 0) is 4.43 Å². The van der Waals surface area contributed by atoms with E-state index < -0.39 is 8.32 Å². The first-order chi connectivity index (χ1) is 8.62. The molecule has 2 heteroatoms. The Hall–Kier alpha value is -0.0831. The molecular weight excluding hydrogens is 236 g/mol. The Labute approximate surface area is 114 Å². The lowest BCUT2D eigenvalue weighted by Crippen LogP contribution is -2.51. The van der Waals surface area contributed by atoms with Gasteiger partial charge in [0.05, 0.1) is 5.60 Å². The highest BCUT2D eigenvalue weighted by molar-refractivity contribution is 6.73. The van der Waals surface area contributed by atoms with Crippen molar-refractivity contribution in [1.82, 2.24) is 0 Å². The van der Waals surface area contributed by atoms with Crippen LogP contribution >= 0.6 is 0 Å². The molecule has 0 bridgehead atoms. The minimum Gasteiger partial charge on any atom is -0.407 e. The topological polar surface area (TPSA) is 9.23 Å². The van der Waals surface area contributed by atoms with E-state index in [9.17, 15) is 0 Å². The molecule has 0 aromatic heterocycles. The number of fused-ring (bicyclic) bond motifs is 1. The molecule has 2 aliphatic rings. The van der Waals surface area contributed by atoms with E-state index in [0.717, 1.165) is 5.92 Å². The predicted molar refractivity (Wildman–Crippen MR) is 81.3 cm³/mol. The summed E-state index contributed by atoms with van der Waals surface area (Å²) in [6.45, 7) is 11.4. The summed E-state index contributed by atoms with van der Waals surface area (Å²) in [5.74, 6) is 0.787. The van der Waals surface area contributed by atoms with E-state index in [2.05, 4.69) is 27.4 Å². The van der Waals surface area contributed by atoms with Gasteiger partial charge in [-0.2, -0.15) is 0 Å². The minimum absolute atomic E-state index is 0.104. The Morgan fingerprint density at radius 3 is 2.39 bits per heavy atom. The molecule has 0 saturated heterocycles.